The molecule has 5 nitrogen and oxygen atoms in total. The number of hydrogen-bond donors (Lipinski definition) is 1. The average molecular weight is 618 g/mol. The van der Waals surface area contributed by atoms with Gasteiger partial charge in [0.2, 0.25) is 5.91 Å². The summed E-state index contributed by atoms with van der Waals surface area (Å²) >= 11 is 3.48. The molecular formula is C36H29BrN2O3. The Morgan fingerprint density at radius 3 is 2.29 bits per heavy atom. The number of amides is 1. The Morgan fingerprint density at radius 1 is 0.857 bits per heavy atom. The van der Waals surface area contributed by atoms with Crippen molar-refractivity contribution in [2.75, 3.05) is 10.2 Å². The second kappa shape index (κ2) is 10.2. The van der Waals surface area contributed by atoms with Crippen LogP contribution in [-0.2, 0) is 16.6 Å². The Balaban J connectivity index is 1.49. The molecule has 4 aromatic carbocycles. The standard InChI is InChI=1S/C36H29BrN2O3/c1-2-7-22-12-14-24(15-13-22)32(40)31-30-21-18-23-8-3-6-11-29(23)39(30)34(33(41)25-16-19-26(37)20-17-25)36(31)27-9-4-5-10-28(27)38-35(36)42/h3-6,8-21,30-31,34H,2,7H2,1H3,(H,38,42)/t30-,31+,34-,36-/m0/s1. The number of carbonyl (C=O) groups is 3. The van der Waals surface area contributed by atoms with Crippen LogP contribution in [0.3, 0.4) is 0 Å². The molecule has 3 aliphatic heterocycles. The molecule has 1 spiro atoms. The van der Waals surface area contributed by atoms with E-state index in [-0.39, 0.29) is 17.5 Å². The van der Waals surface area contributed by atoms with Gasteiger partial charge in [0.15, 0.2) is 11.6 Å². The van der Waals surface area contributed by atoms with Crippen LogP contribution in [0, 0.1) is 5.92 Å². The first-order chi connectivity index (χ1) is 20.4. The molecule has 1 N–H and O–H groups in total. The van der Waals surface area contributed by atoms with Crippen LogP contribution in [-0.4, -0.2) is 29.6 Å². The first kappa shape index (κ1) is 26.6. The quantitative estimate of drug-likeness (QED) is 0.232. The summed E-state index contributed by atoms with van der Waals surface area (Å²) in [6.07, 6.45) is 5.95. The van der Waals surface area contributed by atoms with Crippen molar-refractivity contribution in [1.82, 2.24) is 0 Å². The summed E-state index contributed by atoms with van der Waals surface area (Å²) in [5.41, 5.74) is 3.85. The molecule has 0 unspecified atom stereocenters. The number of anilines is 2. The van der Waals surface area contributed by atoms with Gasteiger partial charge in [0.25, 0.3) is 0 Å². The van der Waals surface area contributed by atoms with Crippen molar-refractivity contribution in [3.05, 3.63) is 135 Å². The number of halogens is 1. The Hall–Kier alpha value is -4.29. The molecule has 3 heterocycles. The Morgan fingerprint density at radius 2 is 1.52 bits per heavy atom. The van der Waals surface area contributed by atoms with Gasteiger partial charge in [0.05, 0.1) is 12.0 Å². The number of fused-ring (bicyclic) bond motifs is 5. The number of nitrogens with one attached hydrogen (secondary N) is 1. The molecule has 1 amide bonds. The summed E-state index contributed by atoms with van der Waals surface area (Å²) in [6.45, 7) is 2.13. The number of rotatable bonds is 6. The topological polar surface area (TPSA) is 66.5 Å². The van der Waals surface area contributed by atoms with Gasteiger partial charge in [0, 0.05) is 27.0 Å². The predicted molar refractivity (Wildman–Crippen MR) is 169 cm³/mol. The first-order valence-electron chi connectivity index (χ1n) is 14.3. The van der Waals surface area contributed by atoms with Crippen LogP contribution in [0.1, 0.15) is 50.8 Å². The zero-order chi connectivity index (χ0) is 29.0. The number of carbonyl (C=O) groups excluding carboxylic acids is 3. The molecule has 0 aromatic heterocycles. The van der Waals surface area contributed by atoms with E-state index >= 15 is 0 Å². The van der Waals surface area contributed by atoms with E-state index in [2.05, 4.69) is 28.2 Å². The van der Waals surface area contributed by atoms with Crippen molar-refractivity contribution in [1.29, 1.82) is 0 Å². The largest absolute Gasteiger partial charge is 0.352 e. The Bertz CT molecular complexity index is 1760. The summed E-state index contributed by atoms with van der Waals surface area (Å²) in [4.78, 5) is 46.1. The van der Waals surface area contributed by atoms with Crippen LogP contribution in [0.25, 0.3) is 6.08 Å². The van der Waals surface area contributed by atoms with Crippen molar-refractivity contribution in [2.45, 2.75) is 37.3 Å². The molecule has 1 fully saturated rings. The monoisotopic (exact) mass is 616 g/mol. The van der Waals surface area contributed by atoms with Crippen molar-refractivity contribution in [2.24, 2.45) is 5.92 Å². The van der Waals surface area contributed by atoms with Gasteiger partial charge >= 0.3 is 0 Å². The van der Waals surface area contributed by atoms with Gasteiger partial charge in [-0.1, -0.05) is 114 Å². The van der Waals surface area contributed by atoms with Crippen LogP contribution in [0.4, 0.5) is 11.4 Å². The number of aryl methyl sites for hydroxylation is 1. The van der Waals surface area contributed by atoms with Gasteiger partial charge in [-0.3, -0.25) is 14.4 Å². The minimum atomic E-state index is -1.45. The van der Waals surface area contributed by atoms with E-state index in [1.165, 1.54) is 0 Å². The van der Waals surface area contributed by atoms with E-state index in [1.54, 1.807) is 12.1 Å². The minimum Gasteiger partial charge on any atom is -0.352 e. The lowest BCUT2D eigenvalue weighted by Crippen LogP contribution is -2.55. The lowest BCUT2D eigenvalue weighted by Gasteiger charge is -2.37. The van der Waals surface area contributed by atoms with Gasteiger partial charge in [-0.2, -0.15) is 0 Å². The normalized spacial score (nSPS) is 23.3. The maximum Gasteiger partial charge on any atom is 0.238 e. The summed E-state index contributed by atoms with van der Waals surface area (Å²) < 4.78 is 0.854. The number of hydrogen-bond acceptors (Lipinski definition) is 4. The maximum atomic E-state index is 14.8. The number of nitrogens with zero attached hydrogens (tertiary/aromatic N) is 1. The van der Waals surface area contributed by atoms with Crippen LogP contribution in [0.15, 0.2) is 108 Å². The SMILES string of the molecule is CCCc1ccc(C(=O)[C@H]2[C@@H]3C=Cc4ccccc4N3[C@@H](C(=O)c3ccc(Br)cc3)[C@@]23C(=O)Nc2ccccc23)cc1. The van der Waals surface area contributed by atoms with E-state index in [9.17, 15) is 14.4 Å². The second-order valence-corrected chi connectivity index (χ2v) is 12.2. The van der Waals surface area contributed by atoms with Crippen molar-refractivity contribution >= 4 is 50.9 Å². The zero-order valence-corrected chi connectivity index (χ0v) is 24.7. The van der Waals surface area contributed by atoms with E-state index in [0.717, 1.165) is 34.1 Å². The molecule has 1 saturated heterocycles. The highest BCUT2D eigenvalue weighted by Gasteiger charge is 2.70. The maximum absolute atomic E-state index is 14.8. The average Bonchev–Trinajstić information content (AvgIpc) is 3.49. The zero-order valence-electron chi connectivity index (χ0n) is 23.1. The fourth-order valence-electron chi connectivity index (χ4n) is 7.21. The third kappa shape index (κ3) is 3.85. The van der Waals surface area contributed by atoms with E-state index in [1.807, 2.05) is 102 Å². The van der Waals surface area contributed by atoms with Crippen LogP contribution in [0.2, 0.25) is 0 Å². The molecule has 4 atom stereocenters. The van der Waals surface area contributed by atoms with Crippen molar-refractivity contribution in [3.63, 3.8) is 0 Å². The summed E-state index contributed by atoms with van der Waals surface area (Å²) in [5, 5.41) is 3.07. The lowest BCUT2D eigenvalue weighted by atomic mass is 9.63. The molecule has 42 heavy (non-hydrogen) atoms. The summed E-state index contributed by atoms with van der Waals surface area (Å²) in [5.74, 6) is -1.50. The molecule has 3 aliphatic rings. The third-order valence-electron chi connectivity index (χ3n) is 8.98. The van der Waals surface area contributed by atoms with E-state index in [4.69, 9.17) is 0 Å². The molecule has 208 valence electrons. The number of benzene rings is 4. The van der Waals surface area contributed by atoms with Crippen molar-refractivity contribution < 1.29 is 14.4 Å². The first-order valence-corrected chi connectivity index (χ1v) is 15.1. The van der Waals surface area contributed by atoms with Gasteiger partial charge in [-0.05, 0) is 47.4 Å². The summed E-state index contributed by atoms with van der Waals surface area (Å²) in [6, 6.07) is 28.9. The molecular weight excluding hydrogens is 588 g/mol. The second-order valence-electron chi connectivity index (χ2n) is 11.2. The van der Waals surface area contributed by atoms with Gasteiger partial charge in [0.1, 0.15) is 11.5 Å². The highest BCUT2D eigenvalue weighted by Crippen LogP contribution is 2.58. The number of para-hydroxylation sites is 2. The van der Waals surface area contributed by atoms with Gasteiger partial charge < -0.3 is 10.2 Å². The van der Waals surface area contributed by atoms with Crippen molar-refractivity contribution in [3.8, 4) is 0 Å². The highest BCUT2D eigenvalue weighted by molar-refractivity contribution is 9.10. The molecule has 0 saturated carbocycles. The minimum absolute atomic E-state index is 0.143. The van der Waals surface area contributed by atoms with Gasteiger partial charge in [-0.25, -0.2) is 0 Å². The third-order valence-corrected chi connectivity index (χ3v) is 9.51. The van der Waals surface area contributed by atoms with Gasteiger partial charge in [-0.15, -0.1) is 0 Å². The summed E-state index contributed by atoms with van der Waals surface area (Å²) in [7, 11) is 0. The predicted octanol–water partition coefficient (Wildman–Crippen LogP) is 7.26. The smallest absolute Gasteiger partial charge is 0.238 e. The Labute approximate surface area is 253 Å². The molecule has 4 aromatic rings. The lowest BCUT2D eigenvalue weighted by molar-refractivity contribution is -0.121. The molecule has 6 heteroatoms. The van der Waals surface area contributed by atoms with Crippen LogP contribution in [0.5, 0.6) is 0 Å². The van der Waals surface area contributed by atoms with E-state index < -0.39 is 23.4 Å². The van der Waals surface area contributed by atoms with E-state index in [0.29, 0.717) is 22.4 Å². The fourth-order valence-corrected chi connectivity index (χ4v) is 7.48. The highest BCUT2D eigenvalue weighted by atomic mass is 79.9. The van der Waals surface area contributed by atoms with Crippen LogP contribution < -0.4 is 10.2 Å². The number of ketones is 2. The molecule has 7 rings (SSSR count). The molecule has 0 bridgehead atoms. The molecule has 0 radical (unpaired) electrons. The Kier molecular flexibility index (Phi) is 6.47. The van der Waals surface area contributed by atoms with Crippen LogP contribution >= 0.6 is 15.9 Å². The fraction of sp³-hybridized carbons (Fsp3) is 0.194. The number of Topliss-reactive ketones (excluding diaryl/α,β-unsaturated/α-hetero) is 2. The molecule has 0 aliphatic carbocycles.